The minimum atomic E-state index is -1.37. The number of nitrogens with zero attached hydrogens (tertiary/aromatic N) is 1. The van der Waals surface area contributed by atoms with E-state index in [0.29, 0.717) is 15.7 Å². The Morgan fingerprint density at radius 3 is 2.77 bits per heavy atom. The van der Waals surface area contributed by atoms with E-state index in [-0.39, 0.29) is 51.8 Å². The number of fused-ring (bicyclic) bond motifs is 1. The first-order valence-corrected chi connectivity index (χ1v) is 9.80. The maximum absolute atomic E-state index is 12.0. The molecule has 0 aromatic carbocycles. The molecule has 2 saturated heterocycles. The molecule has 0 radical (unpaired) electrons. The minimum absolute atomic E-state index is 0. The molecule has 0 aliphatic carbocycles. The van der Waals surface area contributed by atoms with E-state index in [1.54, 1.807) is 0 Å². The summed E-state index contributed by atoms with van der Waals surface area (Å²) in [6.07, 6.45) is -0.0299. The van der Waals surface area contributed by atoms with Crippen molar-refractivity contribution < 1.29 is 53.6 Å². The minimum Gasteiger partial charge on any atom is -0.543 e. The monoisotopic (exact) mass is 371 g/mol. The van der Waals surface area contributed by atoms with Gasteiger partial charge in [0.2, 0.25) is 5.91 Å². The zero-order valence-electron chi connectivity index (χ0n) is 12.2. The van der Waals surface area contributed by atoms with Crippen molar-refractivity contribution in [1.29, 1.82) is 0 Å². The molecule has 0 spiro atoms. The number of thioether (sulfide) groups is 2. The molecule has 2 fully saturated rings. The third-order valence-electron chi connectivity index (χ3n) is 3.77. The van der Waals surface area contributed by atoms with Crippen molar-refractivity contribution in [2.45, 2.75) is 30.1 Å². The van der Waals surface area contributed by atoms with Crippen molar-refractivity contribution >= 4 is 46.2 Å². The summed E-state index contributed by atoms with van der Waals surface area (Å²) in [7, 11) is -0.834. The van der Waals surface area contributed by atoms with Crippen LogP contribution in [0.3, 0.4) is 0 Å². The summed E-state index contributed by atoms with van der Waals surface area (Å²) in [4.78, 5) is 24.6. The standard InChI is InChI=1S/C12H15NO5S3.Na/c1-5(14)7-9(15)13-8(11(16)17)12(20-10(7)13)19-6-2-3-21(18)4-6;/h5-7,10,14H,2-4H2,1H3,(H,16,17);/q;+1/p-1/t5-,6-,7+,10-,21+;/m1./s1. The predicted octanol–water partition coefficient (Wildman–Crippen LogP) is -3.92. The van der Waals surface area contributed by atoms with Crippen LogP contribution in [0.5, 0.6) is 0 Å². The Labute approximate surface area is 161 Å². The smallest absolute Gasteiger partial charge is 0.543 e. The van der Waals surface area contributed by atoms with Gasteiger partial charge in [0.1, 0.15) is 5.37 Å². The van der Waals surface area contributed by atoms with Gasteiger partial charge in [-0.15, -0.1) is 11.8 Å². The van der Waals surface area contributed by atoms with E-state index in [4.69, 9.17) is 0 Å². The largest absolute Gasteiger partial charge is 1.00 e. The molecular formula is C12H14NNaO5S3. The molecule has 3 heterocycles. The van der Waals surface area contributed by atoms with E-state index >= 15 is 0 Å². The molecule has 1 N–H and O–H groups in total. The summed E-state index contributed by atoms with van der Waals surface area (Å²) < 4.78 is 12.0. The number of hydrogen-bond donors (Lipinski definition) is 1. The number of carbonyl (C=O) groups is 2. The van der Waals surface area contributed by atoms with E-state index in [1.165, 1.54) is 35.3 Å². The van der Waals surface area contributed by atoms with Crippen molar-refractivity contribution in [2.75, 3.05) is 11.5 Å². The topological polar surface area (TPSA) is 97.7 Å². The van der Waals surface area contributed by atoms with E-state index in [1.807, 2.05) is 0 Å². The van der Waals surface area contributed by atoms with Crippen LogP contribution in [0, 0.1) is 5.92 Å². The Hall–Kier alpha value is 0.490. The average molecular weight is 371 g/mol. The molecule has 3 rings (SSSR count). The zero-order valence-corrected chi connectivity index (χ0v) is 16.6. The fourth-order valence-electron chi connectivity index (χ4n) is 2.70. The SMILES string of the molecule is C[C@@H](O)[C@H]1C(=O)N2C(C(=O)[O-])=C(S[C@@H]3CC[S@](=O)C3)S[C@H]12.[Na+]. The van der Waals surface area contributed by atoms with Crippen LogP contribution in [-0.2, 0) is 20.4 Å². The van der Waals surface area contributed by atoms with Crippen molar-refractivity contribution in [2.24, 2.45) is 5.92 Å². The van der Waals surface area contributed by atoms with Crippen LogP contribution in [0.2, 0.25) is 0 Å². The van der Waals surface area contributed by atoms with E-state index in [2.05, 4.69) is 0 Å². The summed E-state index contributed by atoms with van der Waals surface area (Å²) >= 11 is 2.66. The first-order chi connectivity index (χ1) is 9.90. The molecule has 1 amide bonds. The molecule has 22 heavy (non-hydrogen) atoms. The molecular weight excluding hydrogens is 357 g/mol. The Bertz CT molecular complexity index is 567. The number of β-lactam (4-membered cyclic amide) rings is 1. The molecule has 5 atom stereocenters. The van der Waals surface area contributed by atoms with Crippen LogP contribution in [0.25, 0.3) is 0 Å². The normalized spacial score (nSPS) is 35.0. The number of carbonyl (C=O) groups excluding carboxylic acids is 2. The maximum atomic E-state index is 12.0. The van der Waals surface area contributed by atoms with Crippen LogP contribution in [0.4, 0.5) is 0 Å². The van der Waals surface area contributed by atoms with Gasteiger partial charge in [-0.25, -0.2) is 0 Å². The Kier molecular flexibility index (Phi) is 6.13. The van der Waals surface area contributed by atoms with Gasteiger partial charge in [0.25, 0.3) is 0 Å². The molecule has 3 aliphatic rings. The van der Waals surface area contributed by atoms with E-state index in [0.717, 1.165) is 6.42 Å². The van der Waals surface area contributed by atoms with Crippen molar-refractivity contribution in [1.82, 2.24) is 4.90 Å². The van der Waals surface area contributed by atoms with Gasteiger partial charge in [0.15, 0.2) is 0 Å². The fraction of sp³-hybridized carbons (Fsp3) is 0.667. The van der Waals surface area contributed by atoms with Gasteiger partial charge in [-0.1, -0.05) is 11.8 Å². The number of aliphatic carboxylic acids is 1. The first-order valence-electron chi connectivity index (χ1n) is 6.55. The van der Waals surface area contributed by atoms with Crippen LogP contribution >= 0.6 is 23.5 Å². The van der Waals surface area contributed by atoms with Crippen LogP contribution in [-0.4, -0.2) is 54.3 Å². The fourth-order valence-corrected chi connectivity index (χ4v) is 7.95. The molecule has 10 heteroatoms. The summed E-state index contributed by atoms with van der Waals surface area (Å²) in [5, 5.41) is 20.7. The number of hydrogen-bond acceptors (Lipinski definition) is 7. The number of carboxylic acids is 1. The number of aliphatic hydroxyl groups is 1. The summed E-state index contributed by atoms with van der Waals surface area (Å²) in [6, 6.07) is 0. The maximum Gasteiger partial charge on any atom is 1.00 e. The molecule has 0 unspecified atom stereocenters. The molecule has 116 valence electrons. The second kappa shape index (κ2) is 7.16. The predicted molar refractivity (Wildman–Crippen MR) is 79.3 cm³/mol. The van der Waals surface area contributed by atoms with Crippen LogP contribution in [0.1, 0.15) is 13.3 Å². The van der Waals surface area contributed by atoms with Gasteiger partial charge in [0, 0.05) is 27.6 Å². The van der Waals surface area contributed by atoms with Crippen molar-refractivity contribution in [3.05, 3.63) is 9.93 Å². The van der Waals surface area contributed by atoms with Crippen LogP contribution in [0.15, 0.2) is 9.93 Å². The second-order valence-corrected chi connectivity index (χ2v) is 9.56. The quantitative estimate of drug-likeness (QED) is 0.398. The number of carboxylic acid groups (broad SMARTS) is 1. The summed E-state index contributed by atoms with van der Waals surface area (Å²) in [6.45, 7) is 1.53. The van der Waals surface area contributed by atoms with Gasteiger partial charge in [-0.2, -0.15) is 0 Å². The second-order valence-electron chi connectivity index (χ2n) is 5.25. The van der Waals surface area contributed by atoms with Crippen molar-refractivity contribution in [3.63, 3.8) is 0 Å². The van der Waals surface area contributed by atoms with Gasteiger partial charge in [-0.05, 0) is 13.3 Å². The average Bonchev–Trinajstić information content (AvgIpc) is 2.91. The molecule has 0 aromatic rings. The van der Waals surface area contributed by atoms with Gasteiger partial charge >= 0.3 is 29.6 Å². The third-order valence-corrected chi connectivity index (χ3v) is 8.32. The summed E-state index contributed by atoms with van der Waals surface area (Å²) in [5.41, 5.74) is -0.0883. The van der Waals surface area contributed by atoms with Crippen LogP contribution < -0.4 is 34.7 Å². The number of aliphatic hydroxyl groups excluding tert-OH is 1. The first kappa shape index (κ1) is 18.8. The van der Waals surface area contributed by atoms with E-state index in [9.17, 15) is 24.0 Å². The molecule has 0 saturated carbocycles. The Morgan fingerprint density at radius 2 is 2.27 bits per heavy atom. The molecule has 6 nitrogen and oxygen atoms in total. The number of rotatable bonds is 4. The summed E-state index contributed by atoms with van der Waals surface area (Å²) in [5.74, 6) is -1.12. The number of amides is 1. The van der Waals surface area contributed by atoms with E-state index < -0.39 is 28.8 Å². The molecule has 3 aliphatic heterocycles. The van der Waals surface area contributed by atoms with Gasteiger partial charge < -0.3 is 15.0 Å². The molecule has 0 aromatic heterocycles. The van der Waals surface area contributed by atoms with Crippen molar-refractivity contribution in [3.8, 4) is 0 Å². The Balaban J connectivity index is 0.00000176. The third kappa shape index (κ3) is 3.18. The van der Waals surface area contributed by atoms with Gasteiger partial charge in [0.05, 0.1) is 27.9 Å². The Morgan fingerprint density at radius 1 is 1.59 bits per heavy atom. The zero-order chi connectivity index (χ0) is 15.3. The van der Waals surface area contributed by atoms with Gasteiger partial charge in [-0.3, -0.25) is 13.9 Å². The molecule has 0 bridgehead atoms.